The number of primary amides is 1. The van der Waals surface area contributed by atoms with E-state index in [2.05, 4.69) is 15.0 Å². The first kappa shape index (κ1) is 13.0. The Morgan fingerprint density at radius 3 is 2.88 bits per heavy atom. The van der Waals surface area contributed by atoms with E-state index in [0.29, 0.717) is 0 Å². The molecular weight excluding hydrogens is 248 g/mol. The van der Waals surface area contributed by atoms with Crippen LogP contribution < -0.4 is 16.8 Å². The summed E-state index contributed by atoms with van der Waals surface area (Å²) in [4.78, 5) is 25.6. The Kier molecular flexibility index (Phi) is 4.53. The molecule has 0 fully saturated rings. The number of hydrogen-bond acceptors (Lipinski definition) is 5. The van der Waals surface area contributed by atoms with Crippen molar-refractivity contribution in [2.24, 2.45) is 5.73 Å². The van der Waals surface area contributed by atoms with Crippen LogP contribution in [0.25, 0.3) is 0 Å². The Balaban J connectivity index is 2.52. The molecule has 0 aliphatic rings. The standard InChI is InChI=1S/C9H11ClN4O3/c10-6-4-14-7(11)3-5(6)8(15)13-1-2-17-9(12)16/h3-4H,1-2H2,(H2,11,14)(H2,12,16)(H,13,15). The summed E-state index contributed by atoms with van der Waals surface area (Å²) in [6, 6.07) is 1.35. The summed E-state index contributed by atoms with van der Waals surface area (Å²) >= 11 is 5.77. The van der Waals surface area contributed by atoms with E-state index in [-0.39, 0.29) is 29.6 Å². The predicted molar refractivity (Wildman–Crippen MR) is 61.5 cm³/mol. The maximum Gasteiger partial charge on any atom is 0.404 e. The largest absolute Gasteiger partial charge is 0.448 e. The van der Waals surface area contributed by atoms with Crippen molar-refractivity contribution < 1.29 is 14.3 Å². The van der Waals surface area contributed by atoms with Crippen molar-refractivity contribution in [1.29, 1.82) is 0 Å². The van der Waals surface area contributed by atoms with Gasteiger partial charge in [-0.1, -0.05) is 11.6 Å². The molecule has 0 radical (unpaired) electrons. The lowest BCUT2D eigenvalue weighted by Gasteiger charge is -2.06. The highest BCUT2D eigenvalue weighted by molar-refractivity contribution is 6.33. The van der Waals surface area contributed by atoms with E-state index in [9.17, 15) is 9.59 Å². The number of halogens is 1. The van der Waals surface area contributed by atoms with E-state index in [0.717, 1.165) is 0 Å². The number of rotatable bonds is 4. The topological polar surface area (TPSA) is 120 Å². The minimum absolute atomic E-state index is 0.0146. The molecule has 0 saturated heterocycles. The Hall–Kier alpha value is -2.02. The monoisotopic (exact) mass is 258 g/mol. The fraction of sp³-hybridized carbons (Fsp3) is 0.222. The molecule has 0 atom stereocenters. The van der Waals surface area contributed by atoms with Gasteiger partial charge in [0.25, 0.3) is 5.91 Å². The first-order valence-corrected chi connectivity index (χ1v) is 5.00. The van der Waals surface area contributed by atoms with Gasteiger partial charge in [0, 0.05) is 6.20 Å². The number of amides is 2. The molecule has 0 aliphatic carbocycles. The maximum atomic E-state index is 11.6. The van der Waals surface area contributed by atoms with Gasteiger partial charge >= 0.3 is 6.09 Å². The fourth-order valence-electron chi connectivity index (χ4n) is 1.04. The van der Waals surface area contributed by atoms with Crippen LogP contribution in [-0.2, 0) is 4.74 Å². The lowest BCUT2D eigenvalue weighted by Crippen LogP contribution is -2.29. The van der Waals surface area contributed by atoms with Gasteiger partial charge in [0.05, 0.1) is 17.1 Å². The van der Waals surface area contributed by atoms with Crippen molar-refractivity contribution in [1.82, 2.24) is 10.3 Å². The number of carbonyl (C=O) groups excluding carboxylic acids is 2. The molecule has 5 N–H and O–H groups in total. The molecule has 0 saturated carbocycles. The molecule has 0 aliphatic heterocycles. The van der Waals surface area contributed by atoms with Crippen LogP contribution in [0.4, 0.5) is 10.6 Å². The maximum absolute atomic E-state index is 11.6. The van der Waals surface area contributed by atoms with Crippen LogP contribution in [0.1, 0.15) is 10.4 Å². The molecule has 1 rings (SSSR count). The summed E-state index contributed by atoms with van der Waals surface area (Å²) in [6.45, 7) is 0.111. The smallest absolute Gasteiger partial charge is 0.404 e. The van der Waals surface area contributed by atoms with Gasteiger partial charge in [0.1, 0.15) is 12.4 Å². The Morgan fingerprint density at radius 1 is 1.53 bits per heavy atom. The van der Waals surface area contributed by atoms with E-state index < -0.39 is 12.0 Å². The van der Waals surface area contributed by atoms with E-state index >= 15 is 0 Å². The average Bonchev–Trinajstić information content (AvgIpc) is 2.27. The molecule has 1 aromatic rings. The van der Waals surface area contributed by atoms with E-state index in [1.165, 1.54) is 12.3 Å². The van der Waals surface area contributed by atoms with Gasteiger partial charge in [-0.25, -0.2) is 9.78 Å². The van der Waals surface area contributed by atoms with E-state index in [1.54, 1.807) is 0 Å². The number of nitrogen functional groups attached to an aromatic ring is 1. The molecule has 2 amide bonds. The van der Waals surface area contributed by atoms with Crippen molar-refractivity contribution in [3.05, 3.63) is 22.8 Å². The van der Waals surface area contributed by atoms with Crippen LogP contribution in [0.5, 0.6) is 0 Å². The average molecular weight is 259 g/mol. The molecule has 1 heterocycles. The van der Waals surface area contributed by atoms with Gasteiger partial charge in [-0.3, -0.25) is 4.79 Å². The molecule has 0 unspecified atom stereocenters. The molecule has 0 bridgehead atoms. The van der Waals surface area contributed by atoms with Crippen molar-refractivity contribution in [3.63, 3.8) is 0 Å². The van der Waals surface area contributed by atoms with Gasteiger partial charge < -0.3 is 21.5 Å². The number of pyridine rings is 1. The van der Waals surface area contributed by atoms with Crippen molar-refractivity contribution in [3.8, 4) is 0 Å². The van der Waals surface area contributed by atoms with Crippen LogP contribution >= 0.6 is 11.6 Å². The van der Waals surface area contributed by atoms with Crippen LogP contribution in [0.15, 0.2) is 12.3 Å². The van der Waals surface area contributed by atoms with Gasteiger partial charge in [0.2, 0.25) is 0 Å². The zero-order valence-corrected chi connectivity index (χ0v) is 9.53. The normalized spacial score (nSPS) is 9.71. The molecule has 7 nitrogen and oxygen atoms in total. The molecule has 0 spiro atoms. The summed E-state index contributed by atoms with van der Waals surface area (Å²) in [5.41, 5.74) is 10.4. The summed E-state index contributed by atoms with van der Waals surface area (Å²) in [5.74, 6) is -0.245. The number of aromatic nitrogens is 1. The second-order valence-corrected chi connectivity index (χ2v) is 3.42. The number of carbonyl (C=O) groups is 2. The number of hydrogen-bond donors (Lipinski definition) is 3. The number of nitrogens with two attached hydrogens (primary N) is 2. The third-order valence-corrected chi connectivity index (χ3v) is 2.05. The summed E-state index contributed by atoms with van der Waals surface area (Å²) < 4.78 is 4.44. The van der Waals surface area contributed by atoms with E-state index in [4.69, 9.17) is 23.1 Å². The highest BCUT2D eigenvalue weighted by Crippen LogP contribution is 2.15. The summed E-state index contributed by atoms with van der Waals surface area (Å²) in [6.07, 6.45) is 0.386. The third-order valence-electron chi connectivity index (χ3n) is 1.75. The van der Waals surface area contributed by atoms with Gasteiger partial charge in [-0.15, -0.1) is 0 Å². The molecule has 17 heavy (non-hydrogen) atoms. The molecular formula is C9H11ClN4O3. The van der Waals surface area contributed by atoms with Crippen LogP contribution in [0.3, 0.4) is 0 Å². The lowest BCUT2D eigenvalue weighted by atomic mass is 10.2. The molecule has 8 heteroatoms. The van der Waals surface area contributed by atoms with Gasteiger partial charge in [-0.2, -0.15) is 0 Å². The number of ether oxygens (including phenoxy) is 1. The first-order chi connectivity index (χ1) is 8.00. The quantitative estimate of drug-likeness (QED) is 0.664. The minimum atomic E-state index is -0.898. The SMILES string of the molecule is NC(=O)OCCNC(=O)c1cc(N)ncc1Cl. The minimum Gasteiger partial charge on any atom is -0.448 e. The first-order valence-electron chi connectivity index (χ1n) is 4.62. The second kappa shape index (κ2) is 5.90. The van der Waals surface area contributed by atoms with Gasteiger partial charge in [0.15, 0.2) is 0 Å². The third kappa shape index (κ3) is 4.15. The van der Waals surface area contributed by atoms with Crippen molar-refractivity contribution in [2.45, 2.75) is 0 Å². The number of nitrogens with zero attached hydrogens (tertiary/aromatic N) is 1. The highest BCUT2D eigenvalue weighted by Gasteiger charge is 2.10. The van der Waals surface area contributed by atoms with Crippen LogP contribution in [0.2, 0.25) is 5.02 Å². The molecule has 1 aromatic heterocycles. The number of nitrogens with one attached hydrogen (secondary N) is 1. The van der Waals surface area contributed by atoms with Crippen LogP contribution in [0, 0.1) is 0 Å². The Bertz CT molecular complexity index is 438. The highest BCUT2D eigenvalue weighted by atomic mass is 35.5. The zero-order valence-electron chi connectivity index (χ0n) is 8.77. The summed E-state index contributed by atoms with van der Waals surface area (Å²) in [5, 5.41) is 2.67. The van der Waals surface area contributed by atoms with Crippen molar-refractivity contribution in [2.75, 3.05) is 18.9 Å². The van der Waals surface area contributed by atoms with Crippen molar-refractivity contribution >= 4 is 29.4 Å². The molecule has 92 valence electrons. The Morgan fingerprint density at radius 2 is 2.24 bits per heavy atom. The second-order valence-electron chi connectivity index (χ2n) is 3.01. The molecule has 0 aromatic carbocycles. The zero-order chi connectivity index (χ0) is 12.8. The van der Waals surface area contributed by atoms with Crippen LogP contribution in [-0.4, -0.2) is 30.1 Å². The van der Waals surface area contributed by atoms with E-state index in [1.807, 2.05) is 0 Å². The summed E-state index contributed by atoms with van der Waals surface area (Å²) in [7, 11) is 0. The predicted octanol–water partition coefficient (Wildman–Crippen LogP) is 0.142. The Labute approximate surface area is 102 Å². The number of anilines is 1. The lowest BCUT2D eigenvalue weighted by molar-refractivity contribution is 0.0937. The fourth-order valence-corrected chi connectivity index (χ4v) is 1.23. The van der Waals surface area contributed by atoms with Gasteiger partial charge in [-0.05, 0) is 6.07 Å².